The fraction of sp³-hybridized carbons (Fsp3) is 0.364. The summed E-state index contributed by atoms with van der Waals surface area (Å²) in [7, 11) is 0. The van der Waals surface area contributed by atoms with Crippen molar-refractivity contribution in [2.24, 2.45) is 16.0 Å². The number of halogens is 1. The van der Waals surface area contributed by atoms with Crippen molar-refractivity contribution >= 4 is 11.8 Å². The molecular weight excluding hydrogens is 355 g/mol. The highest BCUT2D eigenvalue weighted by Gasteiger charge is 2.29. The summed E-state index contributed by atoms with van der Waals surface area (Å²) >= 11 is 0. The normalized spacial score (nSPS) is 23.6. The number of nitrogens with zero attached hydrogens (tertiary/aromatic N) is 2. The van der Waals surface area contributed by atoms with E-state index in [0.29, 0.717) is 13.1 Å². The third kappa shape index (κ3) is 3.13. The summed E-state index contributed by atoms with van der Waals surface area (Å²) in [6.07, 6.45) is 7.21. The second-order valence-electron chi connectivity index (χ2n) is 7.54. The first-order chi connectivity index (χ1) is 13.8. The third-order valence-corrected chi connectivity index (χ3v) is 5.82. The molecule has 0 atom stereocenters. The largest absolute Gasteiger partial charge is 0.490 e. The first kappa shape index (κ1) is 17.2. The number of nitrogens with one attached hydrogen (secondary N) is 2. The van der Waals surface area contributed by atoms with E-state index in [1.807, 2.05) is 30.3 Å². The number of para-hydroxylation sites is 1. The zero-order valence-electron chi connectivity index (χ0n) is 15.6. The summed E-state index contributed by atoms with van der Waals surface area (Å²) in [5.41, 5.74) is 5.77. The van der Waals surface area contributed by atoms with Crippen LogP contribution in [-0.4, -0.2) is 23.8 Å². The Hall–Kier alpha value is -2.89. The van der Waals surface area contributed by atoms with Crippen molar-refractivity contribution in [3.63, 3.8) is 0 Å². The van der Waals surface area contributed by atoms with Crippen molar-refractivity contribution in [2.45, 2.75) is 38.3 Å². The lowest BCUT2D eigenvalue weighted by Crippen LogP contribution is -2.33. The van der Waals surface area contributed by atoms with E-state index in [9.17, 15) is 0 Å². The van der Waals surface area contributed by atoms with Crippen LogP contribution in [0.4, 0.5) is 4.39 Å². The average molecular weight is 378 g/mol. The lowest BCUT2D eigenvalue weighted by Gasteiger charge is -2.30. The number of allylic oxidation sites excluding steroid dienone is 1. The maximum absolute atomic E-state index is 15.0. The van der Waals surface area contributed by atoms with Gasteiger partial charge in [0, 0.05) is 11.1 Å². The molecule has 2 aromatic rings. The molecule has 1 aromatic carbocycles. The van der Waals surface area contributed by atoms with Gasteiger partial charge >= 0.3 is 0 Å². The van der Waals surface area contributed by atoms with Gasteiger partial charge in [0.25, 0.3) is 0 Å². The molecule has 0 bridgehead atoms. The number of rotatable bonds is 3. The van der Waals surface area contributed by atoms with E-state index >= 15 is 4.39 Å². The van der Waals surface area contributed by atoms with Gasteiger partial charge in [0.1, 0.15) is 11.6 Å². The summed E-state index contributed by atoms with van der Waals surface area (Å²) in [6, 6.07) is 9.93. The standard InChI is InChI=1S/C22H23FN4O/c23-18-10-11-24-21-17-12-25-26-13-19(17)27-22(21)20(18)14-6-8-16(9-7-14)28-15-4-2-1-3-5-15/h1-5,10,13-14,16,25,27H,6-9,11-12H2. The summed E-state index contributed by atoms with van der Waals surface area (Å²) in [4.78, 5) is 8.02. The van der Waals surface area contributed by atoms with Crippen molar-refractivity contribution in [1.29, 1.82) is 0 Å². The molecule has 0 unspecified atom stereocenters. The van der Waals surface area contributed by atoms with Crippen LogP contribution in [0.3, 0.4) is 0 Å². The molecule has 2 N–H and O–H groups in total. The number of hydrogen-bond acceptors (Lipinski definition) is 4. The minimum absolute atomic E-state index is 0.140. The van der Waals surface area contributed by atoms with E-state index in [4.69, 9.17) is 4.74 Å². The Morgan fingerprint density at radius 2 is 1.89 bits per heavy atom. The zero-order valence-corrected chi connectivity index (χ0v) is 15.6. The molecule has 0 spiro atoms. The fourth-order valence-electron chi connectivity index (χ4n) is 4.45. The van der Waals surface area contributed by atoms with Gasteiger partial charge in [-0.15, -0.1) is 0 Å². The number of hydrazone groups is 1. The number of H-pyrrole nitrogens is 1. The van der Waals surface area contributed by atoms with Gasteiger partial charge < -0.3 is 15.1 Å². The van der Waals surface area contributed by atoms with Crippen molar-refractivity contribution in [3.8, 4) is 5.75 Å². The van der Waals surface area contributed by atoms with Crippen molar-refractivity contribution in [1.82, 2.24) is 10.4 Å². The molecule has 0 radical (unpaired) electrons. The molecule has 0 saturated heterocycles. The predicted octanol–water partition coefficient (Wildman–Crippen LogP) is 2.73. The van der Waals surface area contributed by atoms with Gasteiger partial charge in [-0.1, -0.05) is 18.2 Å². The number of aromatic nitrogens is 1. The monoisotopic (exact) mass is 378 g/mol. The predicted molar refractivity (Wildman–Crippen MR) is 106 cm³/mol. The van der Waals surface area contributed by atoms with E-state index in [1.165, 1.54) is 0 Å². The van der Waals surface area contributed by atoms with Crippen molar-refractivity contribution in [2.75, 3.05) is 6.54 Å². The lowest BCUT2D eigenvalue weighted by molar-refractivity contribution is 0.142. The van der Waals surface area contributed by atoms with E-state index in [-0.39, 0.29) is 17.8 Å². The van der Waals surface area contributed by atoms with Crippen molar-refractivity contribution in [3.05, 3.63) is 64.2 Å². The van der Waals surface area contributed by atoms with Gasteiger partial charge in [-0.25, -0.2) is 4.39 Å². The van der Waals surface area contributed by atoms with Gasteiger partial charge in [0.2, 0.25) is 0 Å². The Balaban J connectivity index is 1.43. The fourth-order valence-corrected chi connectivity index (χ4v) is 4.45. The van der Waals surface area contributed by atoms with Crippen LogP contribution in [0.25, 0.3) is 5.57 Å². The molecule has 1 saturated carbocycles. The summed E-state index contributed by atoms with van der Waals surface area (Å²) < 4.78 is 21.2. The second kappa shape index (κ2) is 7.26. The molecule has 6 heteroatoms. The maximum atomic E-state index is 15.0. The number of fused-ring (bicyclic) bond motifs is 3. The lowest BCUT2D eigenvalue weighted by atomic mass is 9.81. The van der Waals surface area contributed by atoms with Gasteiger partial charge in [-0.2, -0.15) is 5.10 Å². The smallest absolute Gasteiger partial charge is 0.126 e. The molecule has 3 heterocycles. The summed E-state index contributed by atoms with van der Waals surface area (Å²) in [6.45, 7) is 0.990. The highest BCUT2D eigenvalue weighted by Crippen LogP contribution is 2.36. The maximum Gasteiger partial charge on any atom is 0.126 e. The number of hydrogen-bond donors (Lipinski definition) is 2. The van der Waals surface area contributed by atoms with Gasteiger partial charge in [-0.05, 0) is 49.8 Å². The number of benzene rings is 1. The molecule has 5 rings (SSSR count). The van der Waals surface area contributed by atoms with Crippen molar-refractivity contribution < 1.29 is 9.13 Å². The zero-order chi connectivity index (χ0) is 18.9. The van der Waals surface area contributed by atoms with E-state index < -0.39 is 0 Å². The van der Waals surface area contributed by atoms with Crippen LogP contribution in [0.15, 0.2) is 52.3 Å². The van der Waals surface area contributed by atoms with Crippen LogP contribution in [0, 0.1) is 5.92 Å². The highest BCUT2D eigenvalue weighted by molar-refractivity contribution is 5.80. The van der Waals surface area contributed by atoms with Crippen LogP contribution in [0.2, 0.25) is 0 Å². The highest BCUT2D eigenvalue weighted by atomic mass is 19.1. The molecule has 5 nitrogen and oxygen atoms in total. The van der Waals surface area contributed by atoms with Crippen LogP contribution in [-0.2, 0) is 6.54 Å². The van der Waals surface area contributed by atoms with Gasteiger partial charge in [0.15, 0.2) is 0 Å². The second-order valence-corrected chi connectivity index (χ2v) is 7.54. The van der Waals surface area contributed by atoms with Crippen LogP contribution in [0.1, 0.15) is 36.9 Å². The van der Waals surface area contributed by atoms with Crippen LogP contribution in [0.5, 0.6) is 5.75 Å². The topological polar surface area (TPSA) is 61.8 Å². The molecule has 0 amide bonds. The SMILES string of the molecule is FC1=CCN=c2c3c([nH]c2=C1C1CCC(Oc2ccccc2)CC1)C=NNC3. The molecule has 1 aliphatic carbocycles. The molecular formula is C22H23FN4O. The van der Waals surface area contributed by atoms with E-state index in [1.54, 1.807) is 12.3 Å². The first-order valence-corrected chi connectivity index (χ1v) is 9.93. The number of aromatic amines is 1. The molecule has 144 valence electrons. The quantitative estimate of drug-likeness (QED) is 0.863. The summed E-state index contributed by atoms with van der Waals surface area (Å²) in [5, 5.41) is 5.83. The first-order valence-electron chi connectivity index (χ1n) is 9.93. The molecule has 1 fully saturated rings. The minimum atomic E-state index is -0.140. The van der Waals surface area contributed by atoms with E-state index in [2.05, 4.69) is 20.5 Å². The Kier molecular flexibility index (Phi) is 4.47. The molecule has 3 aliphatic rings. The van der Waals surface area contributed by atoms with E-state index in [0.717, 1.165) is 59.0 Å². The van der Waals surface area contributed by atoms with Crippen LogP contribution >= 0.6 is 0 Å². The molecule has 2 aliphatic heterocycles. The Bertz CT molecular complexity index is 1050. The molecule has 28 heavy (non-hydrogen) atoms. The minimum Gasteiger partial charge on any atom is -0.490 e. The Morgan fingerprint density at radius 1 is 1.07 bits per heavy atom. The Morgan fingerprint density at radius 3 is 2.71 bits per heavy atom. The van der Waals surface area contributed by atoms with Gasteiger partial charge in [-0.3, -0.25) is 4.99 Å². The molecule has 1 aromatic heterocycles. The van der Waals surface area contributed by atoms with Gasteiger partial charge in [0.05, 0.1) is 41.8 Å². The average Bonchev–Trinajstić information content (AvgIpc) is 3.00. The van der Waals surface area contributed by atoms with Crippen LogP contribution < -0.4 is 20.9 Å². The Labute approximate surface area is 162 Å². The third-order valence-electron chi connectivity index (χ3n) is 5.82. The number of ether oxygens (including phenoxy) is 1. The summed E-state index contributed by atoms with van der Waals surface area (Å²) in [5.74, 6) is 0.936.